The standard InChI is InChI=1S/C41H64O16S/c1-19-28(43)30(45)31(46)33(52-19)54-32-29(44)22(57-58(48,49)50)18-51-34(32)53-26-13-15-38(6)21-17-25(42)41-24(40(8,56-35(41)47)27-12-14-36(2,3)55-27)11-16-39(41,7)20(21)9-10-23(38)37(26,4)5/h17,19-20,22-34,42-46H,9-16,18H2,1-8H3,(H,48,49,50)/t19-,20-,22-,23?,24-,25-,26+,27-,28-,29+,30+,31-,32-,33+,34+,38-,39+,40-,41+/m1/s1. The summed E-state index contributed by atoms with van der Waals surface area (Å²) in [4.78, 5) is 14.4. The van der Waals surface area contributed by atoms with Crippen LogP contribution in [-0.2, 0) is 47.8 Å². The highest BCUT2D eigenvalue weighted by molar-refractivity contribution is 7.80. The van der Waals surface area contributed by atoms with E-state index in [1.54, 1.807) is 0 Å². The van der Waals surface area contributed by atoms with Gasteiger partial charge in [0.05, 0.1) is 36.6 Å². The Morgan fingerprint density at radius 3 is 2.16 bits per heavy atom. The number of carbonyl (C=O) groups excluding carboxylic acids is 1. The maximum absolute atomic E-state index is 14.4. The number of aliphatic hydroxyl groups excluding tert-OH is 5. The van der Waals surface area contributed by atoms with Crippen molar-refractivity contribution in [3.8, 4) is 0 Å². The molecule has 4 aliphatic heterocycles. The van der Waals surface area contributed by atoms with E-state index in [0.717, 1.165) is 38.5 Å². The molecular formula is C41H64O16S. The Morgan fingerprint density at radius 1 is 0.793 bits per heavy atom. The van der Waals surface area contributed by atoms with Crippen LogP contribution in [0.5, 0.6) is 0 Å². The molecule has 58 heavy (non-hydrogen) atoms. The fraction of sp³-hybridized carbons (Fsp3) is 0.927. The Kier molecular flexibility index (Phi) is 10.5. The van der Waals surface area contributed by atoms with Crippen LogP contribution in [0.25, 0.3) is 0 Å². The van der Waals surface area contributed by atoms with E-state index in [-0.39, 0.29) is 40.8 Å². The second-order valence-corrected chi connectivity index (χ2v) is 21.6. The molecule has 0 aromatic carbocycles. The van der Waals surface area contributed by atoms with Gasteiger partial charge in [-0.15, -0.1) is 0 Å². The number of hydrogen-bond acceptors (Lipinski definition) is 15. The summed E-state index contributed by atoms with van der Waals surface area (Å²) in [5, 5.41) is 55.3. The van der Waals surface area contributed by atoms with Crippen molar-refractivity contribution < 1.29 is 75.9 Å². The Balaban J connectivity index is 1.05. The first-order valence-electron chi connectivity index (χ1n) is 21.1. The normalized spacial score (nSPS) is 53.5. The molecule has 1 spiro atoms. The highest BCUT2D eigenvalue weighted by Crippen LogP contribution is 2.76. The monoisotopic (exact) mass is 844 g/mol. The van der Waals surface area contributed by atoms with Gasteiger partial charge in [0.15, 0.2) is 12.6 Å². The van der Waals surface area contributed by atoms with E-state index in [2.05, 4.69) is 41.5 Å². The van der Waals surface area contributed by atoms with Crippen molar-refractivity contribution in [3.63, 3.8) is 0 Å². The molecule has 0 aromatic heterocycles. The number of carbonyl (C=O) groups is 1. The number of cyclic esters (lactones) is 1. The van der Waals surface area contributed by atoms with Gasteiger partial charge in [-0.25, -0.2) is 4.18 Å². The van der Waals surface area contributed by atoms with Gasteiger partial charge in [-0.05, 0) is 107 Å². The maximum atomic E-state index is 14.4. The summed E-state index contributed by atoms with van der Waals surface area (Å²) < 4.78 is 74.6. The van der Waals surface area contributed by atoms with E-state index in [1.807, 2.05) is 13.0 Å². The van der Waals surface area contributed by atoms with Crippen LogP contribution in [0.1, 0.15) is 107 Å². The molecule has 8 rings (SSSR count). The molecule has 0 aromatic rings. The summed E-state index contributed by atoms with van der Waals surface area (Å²) in [6.07, 6.45) is -7.42. The highest BCUT2D eigenvalue weighted by atomic mass is 32.3. The minimum absolute atomic E-state index is 0.0405. The fourth-order valence-corrected chi connectivity index (χ4v) is 14.2. The molecule has 4 aliphatic carbocycles. The van der Waals surface area contributed by atoms with Crippen molar-refractivity contribution in [3.05, 3.63) is 11.6 Å². The molecule has 0 amide bonds. The molecule has 4 saturated heterocycles. The van der Waals surface area contributed by atoms with Gasteiger partial charge in [-0.1, -0.05) is 39.3 Å². The average Bonchev–Trinajstić information content (AvgIpc) is 3.75. The zero-order valence-corrected chi connectivity index (χ0v) is 35.6. The Bertz CT molecular complexity index is 1770. The van der Waals surface area contributed by atoms with E-state index < -0.39 is 106 Å². The minimum Gasteiger partial charge on any atom is -0.456 e. The summed E-state index contributed by atoms with van der Waals surface area (Å²) in [7, 11) is -5.02. The average molecular weight is 845 g/mol. The first-order chi connectivity index (χ1) is 26.8. The number of esters is 1. The van der Waals surface area contributed by atoms with Crippen molar-refractivity contribution in [2.75, 3.05) is 6.61 Å². The van der Waals surface area contributed by atoms with Gasteiger partial charge < -0.3 is 54.0 Å². The molecule has 19 atom stereocenters. The van der Waals surface area contributed by atoms with Crippen LogP contribution in [0.2, 0.25) is 0 Å². The van der Waals surface area contributed by atoms with Gasteiger partial charge >= 0.3 is 16.4 Å². The summed E-state index contributed by atoms with van der Waals surface area (Å²) >= 11 is 0. The topological polar surface area (TPSA) is 237 Å². The summed E-state index contributed by atoms with van der Waals surface area (Å²) in [6.45, 7) is 15.8. The number of aliphatic hydroxyl groups is 5. The number of hydrogen-bond donors (Lipinski definition) is 6. The quantitative estimate of drug-likeness (QED) is 0.0934. The first kappa shape index (κ1) is 43.3. The van der Waals surface area contributed by atoms with Crippen LogP contribution in [0.4, 0.5) is 0 Å². The second-order valence-electron chi connectivity index (χ2n) is 20.5. The highest BCUT2D eigenvalue weighted by Gasteiger charge is 2.80. The number of fused-ring (bicyclic) bond motifs is 4. The molecule has 7 fully saturated rings. The van der Waals surface area contributed by atoms with Gasteiger partial charge in [-0.2, -0.15) is 8.42 Å². The third kappa shape index (κ3) is 6.26. The molecule has 3 saturated carbocycles. The Labute approximate surface area is 340 Å². The van der Waals surface area contributed by atoms with E-state index in [4.69, 9.17) is 32.6 Å². The first-order valence-corrected chi connectivity index (χ1v) is 22.5. The largest absolute Gasteiger partial charge is 0.456 e. The molecule has 330 valence electrons. The molecule has 1 unspecified atom stereocenters. The minimum atomic E-state index is -5.02. The van der Waals surface area contributed by atoms with E-state index in [0.29, 0.717) is 12.8 Å². The lowest BCUT2D eigenvalue weighted by atomic mass is 9.40. The van der Waals surface area contributed by atoms with Crippen molar-refractivity contribution in [2.45, 2.75) is 192 Å². The Morgan fingerprint density at radius 2 is 1.50 bits per heavy atom. The predicted molar refractivity (Wildman–Crippen MR) is 202 cm³/mol. The Hall–Kier alpha value is -1.32. The molecule has 6 N–H and O–H groups in total. The lowest BCUT2D eigenvalue weighted by molar-refractivity contribution is -0.362. The fourth-order valence-electron chi connectivity index (χ4n) is 13.7. The van der Waals surface area contributed by atoms with E-state index in [9.17, 15) is 43.3 Å². The summed E-state index contributed by atoms with van der Waals surface area (Å²) in [6, 6.07) is 0. The molecule has 4 heterocycles. The van der Waals surface area contributed by atoms with Gasteiger partial charge in [0, 0.05) is 5.92 Å². The summed E-state index contributed by atoms with van der Waals surface area (Å²) in [5.41, 5.74) is -2.52. The lowest BCUT2D eigenvalue weighted by Crippen LogP contribution is -2.64. The van der Waals surface area contributed by atoms with Crippen molar-refractivity contribution >= 4 is 16.4 Å². The number of allylic oxidation sites excluding steroid dienone is 1. The lowest BCUT2D eigenvalue weighted by Gasteiger charge is -2.64. The molecule has 8 aliphatic rings. The third-order valence-electron chi connectivity index (χ3n) is 16.7. The third-order valence-corrected chi connectivity index (χ3v) is 17.2. The molecule has 16 nitrogen and oxygen atoms in total. The van der Waals surface area contributed by atoms with Gasteiger partial charge in [0.25, 0.3) is 0 Å². The van der Waals surface area contributed by atoms with Crippen LogP contribution >= 0.6 is 0 Å². The van der Waals surface area contributed by atoms with Crippen LogP contribution in [0, 0.1) is 39.4 Å². The van der Waals surface area contributed by atoms with Gasteiger partial charge in [-0.3, -0.25) is 9.35 Å². The van der Waals surface area contributed by atoms with Crippen molar-refractivity contribution in [2.24, 2.45) is 39.4 Å². The molecule has 0 radical (unpaired) electrons. The molecule has 17 heteroatoms. The van der Waals surface area contributed by atoms with Crippen LogP contribution in [-0.4, -0.2) is 136 Å². The van der Waals surface area contributed by atoms with E-state index >= 15 is 0 Å². The van der Waals surface area contributed by atoms with Crippen LogP contribution < -0.4 is 0 Å². The van der Waals surface area contributed by atoms with Crippen molar-refractivity contribution in [1.82, 2.24) is 0 Å². The maximum Gasteiger partial charge on any atom is 0.397 e. The van der Waals surface area contributed by atoms with Gasteiger partial charge in [0.2, 0.25) is 0 Å². The number of rotatable bonds is 7. The SMILES string of the molecule is C[C@H]1O[C@@H](O[C@H]2[C@H](O[C@H]3CC[C@]4(C)C5=C[C@@H](O)[C@]67C(=O)O[C@@](C)([C@H]8CCC(C)(C)O8)[C@H]6CC[C@@]7(C)[C@@H]5CCC4C3(C)C)OC[C@@H](OS(=O)(=O)O)[C@@H]2O)[C@H](O)[C@@H](O)[C@@H]1O. The smallest absolute Gasteiger partial charge is 0.397 e. The zero-order valence-electron chi connectivity index (χ0n) is 34.8. The summed E-state index contributed by atoms with van der Waals surface area (Å²) in [5.74, 6) is -0.431. The number of ether oxygens (including phenoxy) is 6. The van der Waals surface area contributed by atoms with Crippen molar-refractivity contribution in [1.29, 1.82) is 0 Å². The second kappa shape index (κ2) is 14.1. The van der Waals surface area contributed by atoms with Crippen LogP contribution in [0.3, 0.4) is 0 Å². The molecule has 0 bridgehead atoms. The predicted octanol–water partition coefficient (Wildman–Crippen LogP) is 2.32. The zero-order chi connectivity index (χ0) is 42.3. The van der Waals surface area contributed by atoms with Crippen LogP contribution in [0.15, 0.2) is 11.6 Å². The molecular weight excluding hydrogens is 781 g/mol. The van der Waals surface area contributed by atoms with E-state index in [1.165, 1.54) is 12.5 Å². The van der Waals surface area contributed by atoms with Gasteiger partial charge in [0.1, 0.15) is 47.6 Å².